The van der Waals surface area contributed by atoms with Crippen LogP contribution in [0.15, 0.2) is 18.2 Å². The van der Waals surface area contributed by atoms with Crippen molar-refractivity contribution in [3.05, 3.63) is 29.0 Å². The number of aromatic nitrogens is 2. The number of hydrogen-bond donors (Lipinski definition) is 2. The quantitative estimate of drug-likeness (QED) is 0.861. The first-order valence-electron chi connectivity index (χ1n) is 7.47. The van der Waals surface area contributed by atoms with Gasteiger partial charge in [0.2, 0.25) is 0 Å². The highest BCUT2D eigenvalue weighted by Gasteiger charge is 2.17. The molecular weight excluding hydrogens is 286 g/mol. The highest BCUT2D eigenvalue weighted by atomic mass is 35.5. The fourth-order valence-corrected chi connectivity index (χ4v) is 2.60. The topological polar surface area (TPSA) is 50.1 Å². The lowest BCUT2D eigenvalue weighted by Crippen LogP contribution is -2.33. The number of hydrogen-bond acceptors (Lipinski definition) is 3. The van der Waals surface area contributed by atoms with Crippen molar-refractivity contribution in [2.24, 2.45) is 13.0 Å². The molecule has 3 unspecified atom stereocenters. The molecule has 0 spiro atoms. The van der Waals surface area contributed by atoms with Crippen LogP contribution in [0.25, 0.3) is 11.0 Å². The van der Waals surface area contributed by atoms with Gasteiger partial charge < -0.3 is 15.0 Å². The predicted molar refractivity (Wildman–Crippen MR) is 87.6 cm³/mol. The normalized spacial score (nSPS) is 16.1. The second-order valence-electron chi connectivity index (χ2n) is 5.74. The van der Waals surface area contributed by atoms with E-state index in [9.17, 15) is 5.11 Å². The Labute approximate surface area is 131 Å². The molecule has 0 fully saturated rings. The van der Waals surface area contributed by atoms with Crippen LogP contribution < -0.4 is 5.32 Å². The summed E-state index contributed by atoms with van der Waals surface area (Å²) in [7, 11) is 1.99. The van der Waals surface area contributed by atoms with Crippen LogP contribution in [0, 0.1) is 5.92 Å². The van der Waals surface area contributed by atoms with Crippen LogP contribution in [0.4, 0.5) is 0 Å². The van der Waals surface area contributed by atoms with E-state index in [1.165, 1.54) is 0 Å². The molecule has 0 aliphatic carbocycles. The maximum Gasteiger partial charge on any atom is 0.126 e. The summed E-state index contributed by atoms with van der Waals surface area (Å²) in [5.41, 5.74) is 1.96. The summed E-state index contributed by atoms with van der Waals surface area (Å²) in [6.45, 7) is 6.78. The van der Waals surface area contributed by atoms with Crippen molar-refractivity contribution >= 4 is 22.6 Å². The number of benzene rings is 1. The minimum absolute atomic E-state index is 0.0693. The van der Waals surface area contributed by atoms with Gasteiger partial charge in [-0.3, -0.25) is 0 Å². The Hall–Kier alpha value is -1.10. The van der Waals surface area contributed by atoms with E-state index in [-0.39, 0.29) is 12.1 Å². The average Bonchev–Trinajstić information content (AvgIpc) is 2.80. The zero-order valence-electron chi connectivity index (χ0n) is 13.1. The Morgan fingerprint density at radius 3 is 2.76 bits per heavy atom. The Bertz CT molecular complexity index is 611. The number of rotatable bonds is 6. The summed E-state index contributed by atoms with van der Waals surface area (Å²) < 4.78 is 2.05. The van der Waals surface area contributed by atoms with Crippen molar-refractivity contribution in [1.29, 1.82) is 0 Å². The molecule has 1 aromatic heterocycles. The number of aliphatic hydroxyl groups is 1. The van der Waals surface area contributed by atoms with Crippen LogP contribution in [0.2, 0.25) is 5.02 Å². The first kappa shape index (κ1) is 16.3. The first-order chi connectivity index (χ1) is 9.93. The molecule has 0 amide bonds. The van der Waals surface area contributed by atoms with Gasteiger partial charge >= 0.3 is 0 Å². The SMILES string of the molecule is CCC(C)C(O)CNC(C)c1nc2ccc(Cl)cc2n1C. The summed E-state index contributed by atoms with van der Waals surface area (Å²) >= 11 is 6.04. The van der Waals surface area contributed by atoms with Crippen molar-refractivity contribution < 1.29 is 5.11 Å². The van der Waals surface area contributed by atoms with Gasteiger partial charge in [0.05, 0.1) is 23.2 Å². The molecule has 116 valence electrons. The van der Waals surface area contributed by atoms with E-state index < -0.39 is 0 Å². The van der Waals surface area contributed by atoms with Gasteiger partial charge in [-0.1, -0.05) is 31.9 Å². The van der Waals surface area contributed by atoms with Gasteiger partial charge in [0.1, 0.15) is 5.82 Å². The summed E-state index contributed by atoms with van der Waals surface area (Å²) in [4.78, 5) is 4.66. The molecule has 0 aliphatic rings. The monoisotopic (exact) mass is 309 g/mol. The molecule has 0 radical (unpaired) electrons. The van der Waals surface area contributed by atoms with E-state index in [0.29, 0.717) is 17.5 Å². The van der Waals surface area contributed by atoms with E-state index in [2.05, 4.69) is 35.6 Å². The largest absolute Gasteiger partial charge is 0.392 e. The van der Waals surface area contributed by atoms with Crippen LogP contribution >= 0.6 is 11.6 Å². The molecular formula is C16H24ClN3O. The first-order valence-corrected chi connectivity index (χ1v) is 7.85. The maximum absolute atomic E-state index is 10.1. The lowest BCUT2D eigenvalue weighted by molar-refractivity contribution is 0.110. The number of nitrogens with one attached hydrogen (secondary N) is 1. The van der Waals surface area contributed by atoms with Gasteiger partial charge in [0.15, 0.2) is 0 Å². The van der Waals surface area contributed by atoms with E-state index in [4.69, 9.17) is 11.6 Å². The number of imidazole rings is 1. The maximum atomic E-state index is 10.1. The molecule has 2 aromatic rings. The third-order valence-corrected chi connectivity index (χ3v) is 4.43. The molecule has 0 bridgehead atoms. The van der Waals surface area contributed by atoms with Crippen molar-refractivity contribution in [2.45, 2.75) is 39.3 Å². The predicted octanol–water partition coefficient (Wildman–Crippen LogP) is 3.28. The third-order valence-electron chi connectivity index (χ3n) is 4.20. The lowest BCUT2D eigenvalue weighted by Gasteiger charge is -2.20. The molecule has 2 N–H and O–H groups in total. The standard InChI is InChI=1S/C16H24ClN3O/c1-5-10(2)15(21)9-18-11(3)16-19-13-7-6-12(17)8-14(13)20(16)4/h6-8,10-11,15,18,21H,5,9H2,1-4H3. The van der Waals surface area contributed by atoms with Crippen LogP contribution in [0.5, 0.6) is 0 Å². The number of aliphatic hydroxyl groups excluding tert-OH is 1. The fraction of sp³-hybridized carbons (Fsp3) is 0.562. The molecule has 4 nitrogen and oxygen atoms in total. The molecule has 0 saturated heterocycles. The smallest absolute Gasteiger partial charge is 0.126 e. The average molecular weight is 310 g/mol. The summed E-state index contributed by atoms with van der Waals surface area (Å²) in [6, 6.07) is 5.78. The number of halogens is 1. The second kappa shape index (κ2) is 6.77. The van der Waals surface area contributed by atoms with Crippen LogP contribution in [0.3, 0.4) is 0 Å². The van der Waals surface area contributed by atoms with E-state index in [0.717, 1.165) is 23.3 Å². The molecule has 21 heavy (non-hydrogen) atoms. The Morgan fingerprint density at radius 2 is 2.10 bits per heavy atom. The molecule has 0 saturated carbocycles. The van der Waals surface area contributed by atoms with Crippen LogP contribution in [-0.2, 0) is 7.05 Å². The zero-order valence-corrected chi connectivity index (χ0v) is 13.9. The van der Waals surface area contributed by atoms with Crippen molar-refractivity contribution in [1.82, 2.24) is 14.9 Å². The Kier molecular flexibility index (Phi) is 5.25. The van der Waals surface area contributed by atoms with Crippen LogP contribution in [-0.4, -0.2) is 27.3 Å². The van der Waals surface area contributed by atoms with Crippen molar-refractivity contribution in [3.8, 4) is 0 Å². The van der Waals surface area contributed by atoms with E-state index >= 15 is 0 Å². The Balaban J connectivity index is 2.12. The lowest BCUT2D eigenvalue weighted by atomic mass is 10.0. The fourth-order valence-electron chi connectivity index (χ4n) is 2.43. The number of nitrogens with zero attached hydrogens (tertiary/aromatic N) is 2. The van der Waals surface area contributed by atoms with Gasteiger partial charge in [-0.05, 0) is 31.0 Å². The highest BCUT2D eigenvalue weighted by molar-refractivity contribution is 6.31. The van der Waals surface area contributed by atoms with Gasteiger partial charge in [0.25, 0.3) is 0 Å². The molecule has 1 heterocycles. The summed E-state index contributed by atoms with van der Waals surface area (Å²) in [5, 5.41) is 14.1. The van der Waals surface area contributed by atoms with Crippen molar-refractivity contribution in [3.63, 3.8) is 0 Å². The van der Waals surface area contributed by atoms with Gasteiger partial charge in [-0.25, -0.2) is 4.98 Å². The van der Waals surface area contributed by atoms with Crippen LogP contribution in [0.1, 0.15) is 39.1 Å². The zero-order chi connectivity index (χ0) is 15.6. The van der Waals surface area contributed by atoms with Gasteiger partial charge in [-0.2, -0.15) is 0 Å². The van der Waals surface area contributed by atoms with Gasteiger partial charge in [0, 0.05) is 18.6 Å². The number of aryl methyl sites for hydroxylation is 1. The highest BCUT2D eigenvalue weighted by Crippen LogP contribution is 2.22. The van der Waals surface area contributed by atoms with Crippen molar-refractivity contribution in [2.75, 3.05) is 6.54 Å². The third kappa shape index (κ3) is 3.57. The Morgan fingerprint density at radius 1 is 1.38 bits per heavy atom. The second-order valence-corrected chi connectivity index (χ2v) is 6.18. The molecule has 1 aromatic carbocycles. The van der Waals surface area contributed by atoms with Gasteiger partial charge in [-0.15, -0.1) is 0 Å². The minimum atomic E-state index is -0.332. The van der Waals surface area contributed by atoms with E-state index in [1.54, 1.807) is 0 Å². The summed E-state index contributed by atoms with van der Waals surface area (Å²) in [6.07, 6.45) is 0.642. The number of fused-ring (bicyclic) bond motifs is 1. The molecule has 0 aliphatic heterocycles. The summed E-state index contributed by atoms with van der Waals surface area (Å²) in [5.74, 6) is 1.24. The van der Waals surface area contributed by atoms with E-state index in [1.807, 2.05) is 25.2 Å². The molecule has 3 atom stereocenters. The molecule has 5 heteroatoms. The minimum Gasteiger partial charge on any atom is -0.392 e. The molecule has 2 rings (SSSR count).